The summed E-state index contributed by atoms with van der Waals surface area (Å²) in [5, 5.41) is 10.5. The van der Waals surface area contributed by atoms with Gasteiger partial charge in [0.2, 0.25) is 5.89 Å². The van der Waals surface area contributed by atoms with Crippen LogP contribution in [0.4, 0.5) is 0 Å². The average molecular weight is 454 g/mol. The summed E-state index contributed by atoms with van der Waals surface area (Å²) in [4.78, 5) is 27.1. The summed E-state index contributed by atoms with van der Waals surface area (Å²) in [6.07, 6.45) is 0.714. The Balaban J connectivity index is 1.62. The molecule has 3 aromatic rings. The largest absolute Gasteiger partial charge is 0.452 e. The maximum atomic E-state index is 12.6. The third-order valence-electron chi connectivity index (χ3n) is 3.85. The Morgan fingerprint density at radius 1 is 1.24 bits per heavy atom. The lowest BCUT2D eigenvalue weighted by atomic mass is 10.2. The molecular formula is C19H17Cl2N3O4S. The van der Waals surface area contributed by atoms with Crippen LogP contribution in [0.15, 0.2) is 40.1 Å². The molecule has 0 spiro atoms. The number of amides is 1. The van der Waals surface area contributed by atoms with Gasteiger partial charge in [0, 0.05) is 11.6 Å². The maximum absolute atomic E-state index is 12.6. The fourth-order valence-corrected chi connectivity index (χ4v) is 3.50. The summed E-state index contributed by atoms with van der Waals surface area (Å²) < 4.78 is 10.7. The van der Waals surface area contributed by atoms with Crippen molar-refractivity contribution in [1.29, 1.82) is 0 Å². The van der Waals surface area contributed by atoms with Crippen molar-refractivity contribution in [3.05, 3.63) is 57.2 Å². The first-order valence-electron chi connectivity index (χ1n) is 8.74. The summed E-state index contributed by atoms with van der Waals surface area (Å²) >= 11 is 13.4. The SMILES string of the molecule is CCCN(Cc1nnc(-c2cccs2)o1)C(=O)COC(=O)c1cc(Cl)ccc1Cl. The molecule has 3 rings (SSSR count). The summed E-state index contributed by atoms with van der Waals surface area (Å²) in [5.74, 6) is -0.394. The first kappa shape index (κ1) is 21.3. The van der Waals surface area contributed by atoms with E-state index in [4.69, 9.17) is 32.4 Å². The van der Waals surface area contributed by atoms with Gasteiger partial charge in [0.1, 0.15) is 0 Å². The lowest BCUT2D eigenvalue weighted by Gasteiger charge is -2.20. The molecule has 1 aromatic carbocycles. The molecule has 0 saturated heterocycles. The summed E-state index contributed by atoms with van der Waals surface area (Å²) in [6.45, 7) is 2.07. The topological polar surface area (TPSA) is 85.5 Å². The van der Waals surface area contributed by atoms with E-state index in [1.54, 1.807) is 6.07 Å². The van der Waals surface area contributed by atoms with E-state index in [9.17, 15) is 9.59 Å². The Morgan fingerprint density at radius 3 is 2.79 bits per heavy atom. The second-order valence-electron chi connectivity index (χ2n) is 5.99. The van der Waals surface area contributed by atoms with Gasteiger partial charge in [-0.3, -0.25) is 4.79 Å². The van der Waals surface area contributed by atoms with Crippen molar-refractivity contribution in [3.63, 3.8) is 0 Å². The minimum absolute atomic E-state index is 0.103. The number of hydrogen-bond acceptors (Lipinski definition) is 7. The van der Waals surface area contributed by atoms with Crippen molar-refractivity contribution >= 4 is 46.4 Å². The van der Waals surface area contributed by atoms with Gasteiger partial charge in [-0.05, 0) is 36.1 Å². The Bertz CT molecular complexity index is 991. The number of nitrogens with zero attached hydrogens (tertiary/aromatic N) is 3. The molecule has 0 atom stereocenters. The number of ether oxygens (including phenoxy) is 1. The average Bonchev–Trinajstić information content (AvgIpc) is 3.39. The maximum Gasteiger partial charge on any atom is 0.340 e. The van der Waals surface area contributed by atoms with E-state index in [2.05, 4.69) is 10.2 Å². The first-order chi connectivity index (χ1) is 14.0. The van der Waals surface area contributed by atoms with Gasteiger partial charge in [-0.25, -0.2) is 4.79 Å². The molecule has 0 saturated carbocycles. The Kier molecular flexibility index (Phi) is 7.24. The zero-order chi connectivity index (χ0) is 20.8. The van der Waals surface area contributed by atoms with Crippen LogP contribution in [0.2, 0.25) is 10.0 Å². The van der Waals surface area contributed by atoms with E-state index < -0.39 is 12.6 Å². The zero-order valence-corrected chi connectivity index (χ0v) is 17.8. The van der Waals surface area contributed by atoms with E-state index in [-0.39, 0.29) is 23.0 Å². The number of aromatic nitrogens is 2. The highest BCUT2D eigenvalue weighted by Gasteiger charge is 2.20. The molecule has 0 N–H and O–H groups in total. The number of benzene rings is 1. The van der Waals surface area contributed by atoms with Gasteiger partial charge in [0.25, 0.3) is 11.8 Å². The predicted molar refractivity (Wildman–Crippen MR) is 110 cm³/mol. The lowest BCUT2D eigenvalue weighted by Crippen LogP contribution is -2.35. The molecule has 2 heterocycles. The molecule has 10 heteroatoms. The molecule has 29 heavy (non-hydrogen) atoms. The smallest absolute Gasteiger partial charge is 0.340 e. The molecule has 0 fully saturated rings. The molecule has 0 radical (unpaired) electrons. The molecule has 0 aliphatic carbocycles. The molecule has 0 unspecified atom stereocenters. The highest BCUT2D eigenvalue weighted by atomic mass is 35.5. The van der Waals surface area contributed by atoms with Crippen molar-refractivity contribution in [3.8, 4) is 10.8 Å². The van der Waals surface area contributed by atoms with E-state index in [0.717, 1.165) is 4.88 Å². The lowest BCUT2D eigenvalue weighted by molar-refractivity contribution is -0.135. The van der Waals surface area contributed by atoms with Crippen LogP contribution in [0, 0.1) is 0 Å². The number of thiophene rings is 1. The van der Waals surface area contributed by atoms with Crippen LogP contribution in [0.3, 0.4) is 0 Å². The standard InChI is InChI=1S/C19H17Cl2N3O4S/c1-2-7-24(10-16-22-23-18(28-16)15-4-3-8-29-15)17(25)11-27-19(26)13-9-12(20)5-6-14(13)21/h3-6,8-9H,2,7,10-11H2,1H3. The Morgan fingerprint density at radius 2 is 2.07 bits per heavy atom. The fourth-order valence-electron chi connectivity index (χ4n) is 2.49. The number of carbonyl (C=O) groups excluding carboxylic acids is 2. The second-order valence-corrected chi connectivity index (χ2v) is 7.79. The predicted octanol–water partition coefficient (Wildman–Crippen LogP) is 4.70. The molecule has 0 aliphatic rings. The molecule has 2 aromatic heterocycles. The van der Waals surface area contributed by atoms with E-state index in [0.29, 0.717) is 29.8 Å². The van der Waals surface area contributed by atoms with Crippen molar-refractivity contribution in [2.45, 2.75) is 19.9 Å². The minimum atomic E-state index is -0.722. The monoisotopic (exact) mass is 453 g/mol. The van der Waals surface area contributed by atoms with E-state index in [1.165, 1.54) is 28.4 Å². The highest BCUT2D eigenvalue weighted by molar-refractivity contribution is 7.13. The van der Waals surface area contributed by atoms with Crippen LogP contribution in [0.25, 0.3) is 10.8 Å². The van der Waals surface area contributed by atoms with Gasteiger partial charge >= 0.3 is 5.97 Å². The van der Waals surface area contributed by atoms with Gasteiger partial charge in [0.05, 0.1) is 22.0 Å². The first-order valence-corrected chi connectivity index (χ1v) is 10.4. The normalized spacial score (nSPS) is 10.7. The number of esters is 1. The number of halogens is 2. The van der Waals surface area contributed by atoms with Gasteiger partial charge in [-0.1, -0.05) is 36.2 Å². The van der Waals surface area contributed by atoms with Gasteiger partial charge < -0.3 is 14.1 Å². The highest BCUT2D eigenvalue weighted by Crippen LogP contribution is 2.24. The van der Waals surface area contributed by atoms with Gasteiger partial charge in [0.15, 0.2) is 6.61 Å². The summed E-state index contributed by atoms with van der Waals surface area (Å²) in [5.41, 5.74) is 0.103. The van der Waals surface area contributed by atoms with Crippen molar-refractivity contribution in [2.24, 2.45) is 0 Å². The van der Waals surface area contributed by atoms with Crippen molar-refractivity contribution < 1.29 is 18.7 Å². The van der Waals surface area contributed by atoms with E-state index in [1.807, 2.05) is 24.4 Å². The Labute approximate surface area is 181 Å². The van der Waals surface area contributed by atoms with Crippen LogP contribution in [0.1, 0.15) is 29.6 Å². The molecule has 7 nitrogen and oxygen atoms in total. The molecular weight excluding hydrogens is 437 g/mol. The fraction of sp³-hybridized carbons (Fsp3) is 0.263. The minimum Gasteiger partial charge on any atom is -0.452 e. The second kappa shape index (κ2) is 9.87. The molecule has 1 amide bonds. The summed E-state index contributed by atoms with van der Waals surface area (Å²) in [7, 11) is 0. The van der Waals surface area contributed by atoms with Crippen LogP contribution in [-0.2, 0) is 16.1 Å². The quantitative estimate of drug-likeness (QED) is 0.459. The van der Waals surface area contributed by atoms with Crippen molar-refractivity contribution in [2.75, 3.05) is 13.2 Å². The van der Waals surface area contributed by atoms with Gasteiger partial charge in [-0.2, -0.15) is 0 Å². The van der Waals surface area contributed by atoms with Crippen LogP contribution in [-0.4, -0.2) is 40.1 Å². The van der Waals surface area contributed by atoms with Crippen LogP contribution in [0.5, 0.6) is 0 Å². The molecule has 0 aliphatic heterocycles. The summed E-state index contributed by atoms with van der Waals surface area (Å²) in [6, 6.07) is 8.20. The van der Waals surface area contributed by atoms with Gasteiger partial charge in [-0.15, -0.1) is 21.5 Å². The van der Waals surface area contributed by atoms with Crippen molar-refractivity contribution in [1.82, 2.24) is 15.1 Å². The molecule has 0 bridgehead atoms. The number of hydrogen-bond donors (Lipinski definition) is 0. The Hall–Kier alpha value is -2.42. The third-order valence-corrected chi connectivity index (χ3v) is 5.27. The number of carbonyl (C=O) groups is 2. The zero-order valence-electron chi connectivity index (χ0n) is 15.4. The molecule has 152 valence electrons. The van der Waals surface area contributed by atoms with Crippen LogP contribution < -0.4 is 0 Å². The van der Waals surface area contributed by atoms with E-state index >= 15 is 0 Å². The third kappa shape index (κ3) is 5.56. The number of rotatable bonds is 8. The van der Waals surface area contributed by atoms with Crippen LogP contribution >= 0.6 is 34.5 Å².